The van der Waals surface area contributed by atoms with Gasteiger partial charge in [-0.3, -0.25) is 0 Å². The summed E-state index contributed by atoms with van der Waals surface area (Å²) in [5.74, 6) is 0. The molecule has 0 spiro atoms. The largest absolute Gasteiger partial charge is 0.245 e. The number of halogens is 1. The monoisotopic (exact) mass is 227 g/mol. The van der Waals surface area contributed by atoms with Gasteiger partial charge in [-0.2, -0.15) is 0 Å². The topological polar surface area (TPSA) is 3.24 Å². The molecular weight excluding hydrogens is 213 g/mol. The summed E-state index contributed by atoms with van der Waals surface area (Å²) < 4.78 is 2.21. The van der Waals surface area contributed by atoms with Gasteiger partial charge in [0.25, 0.3) is 0 Å². The number of nitrogens with zero attached hydrogens (tertiary/aromatic N) is 1. The third-order valence-corrected chi connectivity index (χ3v) is 3.01. The molecule has 0 saturated carbocycles. The summed E-state index contributed by atoms with van der Waals surface area (Å²) in [4.78, 5) is 0. The maximum absolute atomic E-state index is 2.32. The van der Waals surface area contributed by atoms with Crippen LogP contribution in [0.2, 0.25) is 0 Å². The van der Waals surface area contributed by atoms with Gasteiger partial charge in [-0.25, -0.2) is 3.11 Å². The van der Waals surface area contributed by atoms with E-state index in [0.717, 1.165) is 0 Å². The molecular formula is C6H14IN. The van der Waals surface area contributed by atoms with Gasteiger partial charge in [-0.05, 0) is 27.3 Å². The van der Waals surface area contributed by atoms with Gasteiger partial charge < -0.3 is 0 Å². The van der Waals surface area contributed by atoms with Crippen molar-refractivity contribution < 1.29 is 0 Å². The van der Waals surface area contributed by atoms with E-state index < -0.39 is 0 Å². The van der Waals surface area contributed by atoms with Gasteiger partial charge in [-0.1, -0.05) is 6.92 Å². The van der Waals surface area contributed by atoms with Gasteiger partial charge in [0, 0.05) is 28.4 Å². The molecule has 0 aliphatic rings. The van der Waals surface area contributed by atoms with Gasteiger partial charge in [0.15, 0.2) is 0 Å². The second-order valence-electron chi connectivity index (χ2n) is 2.64. The van der Waals surface area contributed by atoms with Crippen LogP contribution in [-0.2, 0) is 0 Å². The van der Waals surface area contributed by atoms with Crippen LogP contribution in [0.4, 0.5) is 0 Å². The molecule has 0 aromatic rings. The van der Waals surface area contributed by atoms with Crippen LogP contribution in [0.3, 0.4) is 0 Å². The van der Waals surface area contributed by atoms with Crippen molar-refractivity contribution in [3.8, 4) is 0 Å². The summed E-state index contributed by atoms with van der Waals surface area (Å²) in [5, 5.41) is 0. The fourth-order valence-electron chi connectivity index (χ4n) is 0.218. The van der Waals surface area contributed by atoms with Crippen LogP contribution in [0.1, 0.15) is 27.2 Å². The Kier molecular flexibility index (Phi) is 3.27. The van der Waals surface area contributed by atoms with Crippen LogP contribution < -0.4 is 0 Å². The van der Waals surface area contributed by atoms with Crippen LogP contribution in [0, 0.1) is 0 Å². The van der Waals surface area contributed by atoms with E-state index in [1.807, 2.05) is 0 Å². The Balaban J connectivity index is 3.71. The first kappa shape index (κ1) is 8.69. The van der Waals surface area contributed by atoms with Crippen molar-refractivity contribution in [3.63, 3.8) is 0 Å². The maximum Gasteiger partial charge on any atom is 0.0243 e. The molecule has 0 fully saturated rings. The van der Waals surface area contributed by atoms with Crippen molar-refractivity contribution in [2.24, 2.45) is 0 Å². The highest BCUT2D eigenvalue weighted by Gasteiger charge is 2.17. The predicted molar refractivity (Wildman–Crippen MR) is 46.2 cm³/mol. The third-order valence-electron chi connectivity index (χ3n) is 1.70. The van der Waals surface area contributed by atoms with Gasteiger partial charge in [0.1, 0.15) is 0 Å². The zero-order chi connectivity index (χ0) is 6.78. The second-order valence-corrected chi connectivity index (χ2v) is 4.09. The molecule has 50 valence electrons. The van der Waals surface area contributed by atoms with Crippen molar-refractivity contribution in [3.05, 3.63) is 0 Å². The van der Waals surface area contributed by atoms with E-state index in [4.69, 9.17) is 0 Å². The number of hydrogen-bond donors (Lipinski definition) is 0. The van der Waals surface area contributed by atoms with Crippen LogP contribution in [-0.4, -0.2) is 15.7 Å². The molecule has 1 nitrogen and oxygen atoms in total. The number of hydrogen-bond acceptors (Lipinski definition) is 1. The first-order valence-corrected chi connectivity index (χ1v) is 3.87. The van der Waals surface area contributed by atoms with Crippen molar-refractivity contribution in [1.82, 2.24) is 3.11 Å². The summed E-state index contributed by atoms with van der Waals surface area (Å²) >= 11 is 2.32. The van der Waals surface area contributed by atoms with E-state index >= 15 is 0 Å². The zero-order valence-electron chi connectivity index (χ0n) is 6.03. The first-order chi connectivity index (χ1) is 3.50. The number of rotatable bonds is 2. The van der Waals surface area contributed by atoms with E-state index in [1.54, 1.807) is 0 Å². The highest BCUT2D eigenvalue weighted by molar-refractivity contribution is 14.1. The smallest absolute Gasteiger partial charge is 0.0243 e. The Morgan fingerprint density at radius 3 is 1.88 bits per heavy atom. The van der Waals surface area contributed by atoms with E-state index in [-0.39, 0.29) is 0 Å². The molecule has 0 saturated heterocycles. The molecule has 0 N–H and O–H groups in total. The second kappa shape index (κ2) is 3.01. The van der Waals surface area contributed by atoms with Crippen molar-refractivity contribution in [2.75, 3.05) is 7.05 Å². The van der Waals surface area contributed by atoms with Crippen molar-refractivity contribution in [1.29, 1.82) is 0 Å². The standard InChI is InChI=1S/C6H14IN/c1-5-6(2,3)8(4)7/h5H2,1-4H3. The molecule has 0 aliphatic heterocycles. The lowest BCUT2D eigenvalue weighted by atomic mass is 10.0. The average Bonchev–Trinajstić information content (AvgIpc) is 1.67. The summed E-state index contributed by atoms with van der Waals surface area (Å²) in [6, 6.07) is 0. The Morgan fingerprint density at radius 1 is 1.50 bits per heavy atom. The molecule has 0 rings (SSSR count). The van der Waals surface area contributed by atoms with Crippen molar-refractivity contribution >= 4 is 22.9 Å². The Bertz CT molecular complexity index is 68.9. The van der Waals surface area contributed by atoms with Crippen LogP contribution >= 0.6 is 22.9 Å². The average molecular weight is 227 g/mol. The molecule has 0 atom stereocenters. The minimum atomic E-state index is 0.362. The highest BCUT2D eigenvalue weighted by Crippen LogP contribution is 2.19. The lowest BCUT2D eigenvalue weighted by Gasteiger charge is -2.28. The molecule has 0 aliphatic carbocycles. The fourth-order valence-corrected chi connectivity index (χ4v) is 0.559. The molecule has 8 heavy (non-hydrogen) atoms. The van der Waals surface area contributed by atoms with Gasteiger partial charge in [0.05, 0.1) is 0 Å². The molecule has 0 bridgehead atoms. The first-order valence-electron chi connectivity index (χ1n) is 2.90. The van der Waals surface area contributed by atoms with Crippen LogP contribution in [0.5, 0.6) is 0 Å². The molecule has 0 aromatic carbocycles. The predicted octanol–water partition coefficient (Wildman–Crippen LogP) is 2.46. The summed E-state index contributed by atoms with van der Waals surface area (Å²) in [5.41, 5.74) is 0.362. The van der Waals surface area contributed by atoms with Crippen molar-refractivity contribution in [2.45, 2.75) is 32.7 Å². The van der Waals surface area contributed by atoms with E-state index in [2.05, 4.69) is 53.8 Å². The quantitative estimate of drug-likeness (QED) is 0.517. The Hall–Kier alpha value is 0.690. The summed E-state index contributed by atoms with van der Waals surface area (Å²) in [7, 11) is 2.10. The highest BCUT2D eigenvalue weighted by atomic mass is 127. The fraction of sp³-hybridized carbons (Fsp3) is 1.00. The summed E-state index contributed by atoms with van der Waals surface area (Å²) in [6.45, 7) is 6.67. The molecule has 0 radical (unpaired) electrons. The minimum absolute atomic E-state index is 0.362. The molecule has 0 aromatic heterocycles. The van der Waals surface area contributed by atoms with Crippen LogP contribution in [0.25, 0.3) is 0 Å². The van der Waals surface area contributed by atoms with Gasteiger partial charge >= 0.3 is 0 Å². The normalized spacial score (nSPS) is 12.8. The Morgan fingerprint density at radius 2 is 1.88 bits per heavy atom. The Labute approximate surface area is 65.9 Å². The molecule has 2 heteroatoms. The van der Waals surface area contributed by atoms with Gasteiger partial charge in [0.2, 0.25) is 0 Å². The molecule has 0 unspecified atom stereocenters. The SMILES string of the molecule is CCC(C)(C)N(C)I. The molecule has 0 amide bonds. The van der Waals surface area contributed by atoms with E-state index in [0.29, 0.717) is 5.54 Å². The lowest BCUT2D eigenvalue weighted by Crippen LogP contribution is -2.32. The van der Waals surface area contributed by atoms with Crippen LogP contribution in [0.15, 0.2) is 0 Å². The van der Waals surface area contributed by atoms with E-state index in [1.165, 1.54) is 6.42 Å². The summed E-state index contributed by atoms with van der Waals surface area (Å²) in [6.07, 6.45) is 1.20. The lowest BCUT2D eigenvalue weighted by molar-refractivity contribution is 0.304. The van der Waals surface area contributed by atoms with Gasteiger partial charge in [-0.15, -0.1) is 0 Å². The zero-order valence-corrected chi connectivity index (χ0v) is 8.19. The minimum Gasteiger partial charge on any atom is -0.245 e. The van der Waals surface area contributed by atoms with E-state index in [9.17, 15) is 0 Å². The maximum atomic E-state index is 2.32. The molecule has 0 heterocycles. The third kappa shape index (κ3) is 2.31.